The molecule has 1 aliphatic carbocycles. The van der Waals surface area contributed by atoms with Gasteiger partial charge in [0.05, 0.1) is 11.7 Å². The Morgan fingerprint density at radius 1 is 1.17 bits per heavy atom. The first-order valence-corrected chi connectivity index (χ1v) is 7.03. The summed E-state index contributed by atoms with van der Waals surface area (Å²) in [7, 11) is 0. The number of hydrogen-bond donors (Lipinski definition) is 0. The van der Waals surface area contributed by atoms with Crippen LogP contribution in [0.4, 0.5) is 17.6 Å². The molecule has 4 rings (SSSR count). The van der Waals surface area contributed by atoms with Gasteiger partial charge in [-0.25, -0.2) is 22.5 Å². The van der Waals surface area contributed by atoms with Gasteiger partial charge in [0.1, 0.15) is 17.0 Å². The van der Waals surface area contributed by atoms with E-state index in [1.54, 1.807) is 4.57 Å². The van der Waals surface area contributed by atoms with Crippen molar-refractivity contribution in [2.45, 2.75) is 25.3 Å². The fourth-order valence-electron chi connectivity index (χ4n) is 2.63. The molecule has 2 aromatic heterocycles. The lowest BCUT2D eigenvalue weighted by molar-refractivity contribution is 0.145. The van der Waals surface area contributed by atoms with Crippen LogP contribution in [-0.2, 0) is 0 Å². The van der Waals surface area contributed by atoms with Crippen LogP contribution in [0.25, 0.3) is 22.4 Å². The second kappa shape index (κ2) is 5.00. The van der Waals surface area contributed by atoms with E-state index in [9.17, 15) is 17.6 Å². The molecule has 0 N–H and O–H groups in total. The maximum absolute atomic E-state index is 14.2. The quantitative estimate of drug-likeness (QED) is 0.684. The zero-order valence-corrected chi connectivity index (χ0v) is 11.7. The molecule has 0 radical (unpaired) electrons. The molecule has 4 nitrogen and oxygen atoms in total. The van der Waals surface area contributed by atoms with E-state index in [1.165, 1.54) is 18.3 Å². The summed E-state index contributed by atoms with van der Waals surface area (Å²) < 4.78 is 55.0. The van der Waals surface area contributed by atoms with Crippen LogP contribution in [-0.4, -0.2) is 19.7 Å². The lowest BCUT2D eigenvalue weighted by atomic mass is 10.2. The highest BCUT2D eigenvalue weighted by molar-refractivity contribution is 5.81. The Morgan fingerprint density at radius 2 is 1.96 bits per heavy atom. The first-order valence-electron chi connectivity index (χ1n) is 7.03. The minimum Gasteiger partial charge on any atom is -0.318 e. The monoisotopic (exact) mass is 322 g/mol. The molecule has 23 heavy (non-hydrogen) atoms. The minimum atomic E-state index is -2.77. The molecule has 3 aromatic rings. The van der Waals surface area contributed by atoms with Crippen molar-refractivity contribution in [3.8, 4) is 11.4 Å². The molecule has 0 atom stereocenters. The summed E-state index contributed by atoms with van der Waals surface area (Å²) in [5, 5.41) is 6.93. The topological polar surface area (TPSA) is 43.6 Å². The van der Waals surface area contributed by atoms with Crippen molar-refractivity contribution >= 4 is 11.0 Å². The first-order chi connectivity index (χ1) is 11.1. The van der Waals surface area contributed by atoms with Crippen LogP contribution >= 0.6 is 0 Å². The third-order valence-corrected chi connectivity index (χ3v) is 3.81. The molecule has 1 aromatic carbocycles. The van der Waals surface area contributed by atoms with Gasteiger partial charge in [-0.2, -0.15) is 5.10 Å². The second-order valence-corrected chi connectivity index (χ2v) is 5.44. The Labute approximate surface area is 127 Å². The van der Waals surface area contributed by atoms with Gasteiger partial charge in [0.2, 0.25) is 0 Å². The van der Waals surface area contributed by atoms with Crippen molar-refractivity contribution in [3.05, 3.63) is 41.7 Å². The fraction of sp³-hybridized carbons (Fsp3) is 0.267. The average molecular weight is 322 g/mol. The molecule has 0 aliphatic heterocycles. The number of nitrogens with zero attached hydrogens (tertiary/aromatic N) is 4. The molecule has 0 bridgehead atoms. The van der Waals surface area contributed by atoms with Gasteiger partial charge in [0.25, 0.3) is 6.43 Å². The van der Waals surface area contributed by atoms with Crippen LogP contribution in [0.1, 0.15) is 31.0 Å². The Balaban J connectivity index is 1.99. The van der Waals surface area contributed by atoms with Crippen LogP contribution in [0.15, 0.2) is 24.4 Å². The molecule has 1 saturated carbocycles. The van der Waals surface area contributed by atoms with Crippen LogP contribution in [0.2, 0.25) is 0 Å². The maximum atomic E-state index is 14.2. The van der Waals surface area contributed by atoms with Gasteiger partial charge in [-0.05, 0) is 31.0 Å². The van der Waals surface area contributed by atoms with E-state index in [1.807, 2.05) is 0 Å². The summed E-state index contributed by atoms with van der Waals surface area (Å²) >= 11 is 0. The van der Waals surface area contributed by atoms with Crippen molar-refractivity contribution in [1.29, 1.82) is 0 Å². The third kappa shape index (κ3) is 2.25. The van der Waals surface area contributed by atoms with E-state index in [4.69, 9.17) is 0 Å². The minimum absolute atomic E-state index is 0.0190. The van der Waals surface area contributed by atoms with E-state index in [0.29, 0.717) is 11.4 Å². The zero-order chi connectivity index (χ0) is 16.1. The molecular formula is C15H10F4N4. The van der Waals surface area contributed by atoms with Gasteiger partial charge in [-0.15, -0.1) is 5.10 Å². The number of alkyl halides is 2. The molecule has 1 fully saturated rings. The summed E-state index contributed by atoms with van der Waals surface area (Å²) in [6, 6.07) is 3.53. The SMILES string of the molecule is Fc1ccc2nc(-c3cnnc(C(F)F)c3)n(C3CC3)c2c1F. The van der Waals surface area contributed by atoms with Crippen molar-refractivity contribution in [2.24, 2.45) is 0 Å². The predicted molar refractivity (Wildman–Crippen MR) is 73.9 cm³/mol. The van der Waals surface area contributed by atoms with Gasteiger partial charge in [0, 0.05) is 11.6 Å². The lowest BCUT2D eigenvalue weighted by Gasteiger charge is -2.08. The highest BCUT2D eigenvalue weighted by atomic mass is 19.3. The van der Waals surface area contributed by atoms with Gasteiger partial charge in [-0.3, -0.25) is 0 Å². The second-order valence-electron chi connectivity index (χ2n) is 5.44. The summed E-state index contributed by atoms with van der Waals surface area (Å²) in [5.41, 5.74) is 0.154. The number of imidazole rings is 1. The van der Waals surface area contributed by atoms with E-state index in [0.717, 1.165) is 18.9 Å². The number of hydrogen-bond acceptors (Lipinski definition) is 3. The van der Waals surface area contributed by atoms with Crippen LogP contribution < -0.4 is 0 Å². The van der Waals surface area contributed by atoms with Crippen LogP contribution in [0.5, 0.6) is 0 Å². The lowest BCUT2D eigenvalue weighted by Crippen LogP contribution is -2.02. The molecule has 0 amide bonds. The normalized spacial score (nSPS) is 14.8. The van der Waals surface area contributed by atoms with Gasteiger partial charge < -0.3 is 4.57 Å². The molecule has 0 saturated heterocycles. The molecule has 2 heterocycles. The Hall–Kier alpha value is -2.51. The van der Waals surface area contributed by atoms with E-state index >= 15 is 0 Å². The van der Waals surface area contributed by atoms with E-state index in [2.05, 4.69) is 15.2 Å². The van der Waals surface area contributed by atoms with Crippen molar-refractivity contribution in [2.75, 3.05) is 0 Å². The summed E-state index contributed by atoms with van der Waals surface area (Å²) in [6.07, 6.45) is 0.124. The Bertz CT molecular complexity index is 902. The maximum Gasteiger partial charge on any atom is 0.282 e. The molecular weight excluding hydrogens is 312 g/mol. The van der Waals surface area contributed by atoms with Gasteiger partial charge in [-0.1, -0.05) is 0 Å². The first kappa shape index (κ1) is 14.1. The largest absolute Gasteiger partial charge is 0.318 e. The summed E-state index contributed by atoms with van der Waals surface area (Å²) in [4.78, 5) is 4.29. The van der Waals surface area contributed by atoms with Crippen molar-refractivity contribution in [1.82, 2.24) is 19.7 Å². The van der Waals surface area contributed by atoms with Gasteiger partial charge >= 0.3 is 0 Å². The summed E-state index contributed by atoms with van der Waals surface area (Å²) in [6.45, 7) is 0. The average Bonchev–Trinajstić information content (AvgIpc) is 3.31. The predicted octanol–water partition coefficient (Wildman–Crippen LogP) is 4.04. The van der Waals surface area contributed by atoms with Crippen LogP contribution in [0, 0.1) is 11.6 Å². The zero-order valence-electron chi connectivity index (χ0n) is 11.7. The van der Waals surface area contributed by atoms with E-state index in [-0.39, 0.29) is 17.1 Å². The fourth-order valence-corrected chi connectivity index (χ4v) is 2.63. The molecule has 0 spiro atoms. The van der Waals surface area contributed by atoms with Crippen LogP contribution in [0.3, 0.4) is 0 Å². The number of fused-ring (bicyclic) bond motifs is 1. The molecule has 118 valence electrons. The van der Waals surface area contributed by atoms with Crippen molar-refractivity contribution in [3.63, 3.8) is 0 Å². The summed E-state index contributed by atoms with van der Waals surface area (Å²) in [5.74, 6) is -1.65. The van der Waals surface area contributed by atoms with E-state index < -0.39 is 23.8 Å². The molecule has 8 heteroatoms. The standard InChI is InChI=1S/C15H10F4N4/c16-9-3-4-10-13(12(9)17)23(8-1-2-8)15(21-10)7-5-11(14(18)19)22-20-6-7/h3-6,8,14H,1-2H2. The number of halogens is 4. The smallest absolute Gasteiger partial charge is 0.282 e. The Kier molecular flexibility index (Phi) is 3.07. The number of aromatic nitrogens is 4. The van der Waals surface area contributed by atoms with Gasteiger partial charge in [0.15, 0.2) is 11.6 Å². The highest BCUT2D eigenvalue weighted by Gasteiger charge is 2.31. The van der Waals surface area contributed by atoms with Crippen molar-refractivity contribution < 1.29 is 17.6 Å². The molecule has 0 unspecified atom stereocenters. The number of rotatable bonds is 3. The number of benzene rings is 1. The Morgan fingerprint density at radius 3 is 2.65 bits per heavy atom. The third-order valence-electron chi connectivity index (χ3n) is 3.81. The molecule has 1 aliphatic rings. The highest BCUT2D eigenvalue weighted by Crippen LogP contribution is 2.42.